The van der Waals surface area contributed by atoms with E-state index in [1.165, 1.54) is 18.5 Å². The summed E-state index contributed by atoms with van der Waals surface area (Å²) in [7, 11) is 0. The molecular weight excluding hydrogens is 282 g/mol. The third-order valence-electron chi connectivity index (χ3n) is 2.99. The largest absolute Gasteiger partial charge is 0.298 e. The molecule has 2 heterocycles. The maximum absolute atomic E-state index is 11.1. The molecule has 2 rings (SSSR count). The van der Waals surface area contributed by atoms with Crippen LogP contribution >= 0.6 is 11.6 Å². The van der Waals surface area contributed by atoms with Gasteiger partial charge in [0.1, 0.15) is 5.69 Å². The minimum Gasteiger partial charge on any atom is -0.298 e. The van der Waals surface area contributed by atoms with Gasteiger partial charge in [-0.2, -0.15) is 0 Å². The number of nitro groups is 1. The second-order valence-corrected chi connectivity index (χ2v) is 4.63. The molecule has 102 valence electrons. The van der Waals surface area contributed by atoms with Crippen LogP contribution < -0.4 is 0 Å². The van der Waals surface area contributed by atoms with Crippen molar-refractivity contribution in [2.75, 3.05) is 0 Å². The molecule has 0 spiro atoms. The second kappa shape index (κ2) is 5.34. The highest BCUT2D eigenvalue weighted by Crippen LogP contribution is 2.32. The first-order valence-electron chi connectivity index (χ1n) is 5.67. The zero-order chi connectivity index (χ0) is 14.9. The van der Waals surface area contributed by atoms with Crippen molar-refractivity contribution < 1.29 is 9.72 Å². The number of carbonyl (C=O) groups excluding carboxylic acids is 1. The smallest absolute Gasteiger partial charge is 0.297 e. The number of aromatic nitrogens is 2. The van der Waals surface area contributed by atoms with Crippen LogP contribution in [0.15, 0.2) is 18.5 Å². The van der Waals surface area contributed by atoms with Crippen LogP contribution in [0.25, 0.3) is 11.3 Å². The Hall–Kier alpha value is -2.34. The van der Waals surface area contributed by atoms with Gasteiger partial charge in [0.25, 0.3) is 5.69 Å². The van der Waals surface area contributed by atoms with Crippen molar-refractivity contribution in [3.8, 4) is 11.3 Å². The minimum absolute atomic E-state index is 0.146. The number of aldehydes is 1. The fourth-order valence-electron chi connectivity index (χ4n) is 1.93. The van der Waals surface area contributed by atoms with Crippen molar-refractivity contribution in [1.29, 1.82) is 0 Å². The van der Waals surface area contributed by atoms with Crippen LogP contribution in [0.2, 0.25) is 5.02 Å². The Morgan fingerprint density at radius 1 is 1.30 bits per heavy atom. The van der Waals surface area contributed by atoms with Crippen molar-refractivity contribution in [3.63, 3.8) is 0 Å². The predicted molar refractivity (Wildman–Crippen MR) is 74.0 cm³/mol. The summed E-state index contributed by atoms with van der Waals surface area (Å²) in [4.78, 5) is 29.7. The van der Waals surface area contributed by atoms with Crippen LogP contribution in [0.4, 0.5) is 5.69 Å². The molecule has 0 amide bonds. The highest BCUT2D eigenvalue weighted by atomic mass is 35.5. The van der Waals surface area contributed by atoms with Gasteiger partial charge in [-0.05, 0) is 19.4 Å². The van der Waals surface area contributed by atoms with E-state index in [0.717, 1.165) is 0 Å². The number of halogens is 1. The Bertz CT molecular complexity index is 716. The molecule has 2 aromatic heterocycles. The lowest BCUT2D eigenvalue weighted by Crippen LogP contribution is -2.01. The highest BCUT2D eigenvalue weighted by Gasteiger charge is 2.21. The summed E-state index contributed by atoms with van der Waals surface area (Å²) >= 11 is 5.73. The third kappa shape index (κ3) is 2.37. The molecule has 0 N–H and O–H groups in total. The van der Waals surface area contributed by atoms with Gasteiger partial charge in [-0.3, -0.25) is 19.9 Å². The number of aryl methyl sites for hydroxylation is 1. The van der Waals surface area contributed by atoms with Gasteiger partial charge in [-0.15, -0.1) is 0 Å². The van der Waals surface area contributed by atoms with E-state index in [1.807, 2.05) is 0 Å². The monoisotopic (exact) mass is 291 g/mol. The molecule has 2 aromatic rings. The van der Waals surface area contributed by atoms with E-state index in [4.69, 9.17) is 11.6 Å². The molecule has 0 saturated carbocycles. The molecule has 7 heteroatoms. The fraction of sp³-hybridized carbons (Fsp3) is 0.154. The standard InChI is InChI=1S/C13H10ClN3O3/c1-7-10(5-15-8(2)11(7)6-18)13-12(17(19)20)3-9(14)4-16-13/h3-6H,1-2H3. The van der Waals surface area contributed by atoms with Gasteiger partial charge in [0.05, 0.1) is 9.95 Å². The zero-order valence-electron chi connectivity index (χ0n) is 10.8. The molecule has 0 fully saturated rings. The van der Waals surface area contributed by atoms with Crippen LogP contribution in [0.1, 0.15) is 21.6 Å². The molecule has 0 saturated heterocycles. The maximum Gasteiger partial charge on any atom is 0.297 e. The average molecular weight is 292 g/mol. The summed E-state index contributed by atoms with van der Waals surface area (Å²) < 4.78 is 0. The van der Waals surface area contributed by atoms with Crippen LogP contribution in [0.5, 0.6) is 0 Å². The first kappa shape index (κ1) is 14.1. The van der Waals surface area contributed by atoms with E-state index in [-0.39, 0.29) is 16.4 Å². The Balaban J connectivity index is 2.75. The lowest BCUT2D eigenvalue weighted by Gasteiger charge is -2.09. The van der Waals surface area contributed by atoms with Gasteiger partial charge in [0.2, 0.25) is 0 Å². The number of rotatable bonds is 3. The van der Waals surface area contributed by atoms with Gasteiger partial charge in [0.15, 0.2) is 6.29 Å². The summed E-state index contributed by atoms with van der Waals surface area (Å²) in [5, 5.41) is 11.3. The quantitative estimate of drug-likeness (QED) is 0.492. The number of carbonyl (C=O) groups is 1. The van der Waals surface area contributed by atoms with E-state index in [1.54, 1.807) is 13.8 Å². The van der Waals surface area contributed by atoms with E-state index >= 15 is 0 Å². The van der Waals surface area contributed by atoms with E-state index < -0.39 is 4.92 Å². The van der Waals surface area contributed by atoms with Gasteiger partial charge in [-0.1, -0.05) is 11.6 Å². The van der Waals surface area contributed by atoms with Crippen molar-refractivity contribution in [3.05, 3.63) is 50.4 Å². The van der Waals surface area contributed by atoms with E-state index in [9.17, 15) is 14.9 Å². The van der Waals surface area contributed by atoms with Crippen LogP contribution in [-0.2, 0) is 0 Å². The second-order valence-electron chi connectivity index (χ2n) is 4.19. The molecule has 0 aliphatic heterocycles. The molecule has 20 heavy (non-hydrogen) atoms. The first-order valence-corrected chi connectivity index (χ1v) is 6.05. The molecule has 6 nitrogen and oxygen atoms in total. The SMILES string of the molecule is Cc1ncc(-c2ncc(Cl)cc2[N+](=O)[O-])c(C)c1C=O. The molecule has 0 radical (unpaired) electrons. The normalized spacial score (nSPS) is 10.3. The van der Waals surface area contributed by atoms with Crippen LogP contribution in [0.3, 0.4) is 0 Å². The topological polar surface area (TPSA) is 86.0 Å². The Kier molecular flexibility index (Phi) is 3.76. The van der Waals surface area contributed by atoms with Crippen LogP contribution in [-0.4, -0.2) is 21.2 Å². The summed E-state index contributed by atoms with van der Waals surface area (Å²) in [6, 6.07) is 1.23. The lowest BCUT2D eigenvalue weighted by molar-refractivity contribution is -0.384. The van der Waals surface area contributed by atoms with Gasteiger partial charge in [-0.25, -0.2) is 4.98 Å². The molecular formula is C13H10ClN3O3. The first-order chi connectivity index (χ1) is 9.45. The molecule has 0 aliphatic carbocycles. The zero-order valence-corrected chi connectivity index (χ0v) is 11.5. The summed E-state index contributed by atoms with van der Waals surface area (Å²) in [5.41, 5.74) is 1.95. The number of nitrogens with zero attached hydrogens (tertiary/aromatic N) is 3. The fourth-order valence-corrected chi connectivity index (χ4v) is 2.08. The maximum atomic E-state index is 11.1. The number of hydrogen-bond acceptors (Lipinski definition) is 5. The summed E-state index contributed by atoms with van der Waals surface area (Å²) in [6.07, 6.45) is 3.48. The van der Waals surface area contributed by atoms with Gasteiger partial charge >= 0.3 is 0 Å². The van der Waals surface area contributed by atoms with E-state index in [2.05, 4.69) is 9.97 Å². The Morgan fingerprint density at radius 2 is 2.00 bits per heavy atom. The Labute approximate surface area is 119 Å². The van der Waals surface area contributed by atoms with Gasteiger partial charge in [0, 0.05) is 35.3 Å². The minimum atomic E-state index is -0.561. The van der Waals surface area contributed by atoms with Crippen molar-refractivity contribution >= 4 is 23.6 Å². The van der Waals surface area contributed by atoms with Gasteiger partial charge < -0.3 is 0 Å². The van der Waals surface area contributed by atoms with E-state index in [0.29, 0.717) is 28.7 Å². The highest BCUT2D eigenvalue weighted by molar-refractivity contribution is 6.30. The third-order valence-corrected chi connectivity index (χ3v) is 3.20. The summed E-state index contributed by atoms with van der Waals surface area (Å²) in [5.74, 6) is 0. The Morgan fingerprint density at radius 3 is 2.60 bits per heavy atom. The summed E-state index contributed by atoms with van der Waals surface area (Å²) in [6.45, 7) is 3.40. The molecule has 0 atom stereocenters. The van der Waals surface area contributed by atoms with Crippen LogP contribution in [0, 0.1) is 24.0 Å². The molecule has 0 bridgehead atoms. The van der Waals surface area contributed by atoms with Crippen molar-refractivity contribution in [2.24, 2.45) is 0 Å². The molecule has 0 aromatic carbocycles. The average Bonchev–Trinajstić information content (AvgIpc) is 2.40. The predicted octanol–water partition coefficient (Wildman–Crippen LogP) is 3.13. The van der Waals surface area contributed by atoms with Crippen molar-refractivity contribution in [2.45, 2.75) is 13.8 Å². The molecule has 0 aliphatic rings. The lowest BCUT2D eigenvalue weighted by atomic mass is 10.0. The number of pyridine rings is 2. The van der Waals surface area contributed by atoms with Crippen molar-refractivity contribution in [1.82, 2.24) is 9.97 Å². The number of hydrogen-bond donors (Lipinski definition) is 0. The molecule has 0 unspecified atom stereocenters.